The Morgan fingerprint density at radius 1 is 1.47 bits per heavy atom. The van der Waals surface area contributed by atoms with Crippen molar-refractivity contribution in [1.29, 1.82) is 0 Å². The van der Waals surface area contributed by atoms with E-state index in [1.54, 1.807) is 0 Å². The van der Waals surface area contributed by atoms with Crippen molar-refractivity contribution < 1.29 is 9.53 Å². The van der Waals surface area contributed by atoms with Gasteiger partial charge in [0.05, 0.1) is 0 Å². The van der Waals surface area contributed by atoms with Crippen LogP contribution in [-0.2, 0) is 11.2 Å². The molecular formula is C15H22N2O2. The van der Waals surface area contributed by atoms with Crippen LogP contribution in [0.25, 0.3) is 0 Å². The predicted octanol–water partition coefficient (Wildman–Crippen LogP) is 2.47. The molecule has 0 bridgehead atoms. The first-order chi connectivity index (χ1) is 8.65. The van der Waals surface area contributed by atoms with Crippen LogP contribution < -0.4 is 15.8 Å². The molecule has 4 heteroatoms. The van der Waals surface area contributed by atoms with E-state index < -0.39 is 5.54 Å². The largest absolute Gasteiger partial charge is 0.487 e. The number of benzene rings is 1. The molecule has 1 aromatic carbocycles. The molecule has 0 saturated carbocycles. The molecule has 1 amide bonds. The summed E-state index contributed by atoms with van der Waals surface area (Å²) in [6.07, 6.45) is 1.15. The summed E-state index contributed by atoms with van der Waals surface area (Å²) in [5.74, 6) is 0.841. The van der Waals surface area contributed by atoms with E-state index >= 15 is 0 Å². The van der Waals surface area contributed by atoms with E-state index in [1.807, 2.05) is 32.0 Å². The second kappa shape index (κ2) is 4.53. The number of hydrogen-bond acceptors (Lipinski definition) is 3. The summed E-state index contributed by atoms with van der Waals surface area (Å²) in [5, 5.41) is 2.88. The first kappa shape index (κ1) is 13.9. The van der Waals surface area contributed by atoms with Gasteiger partial charge >= 0.3 is 0 Å². The van der Waals surface area contributed by atoms with E-state index in [0.29, 0.717) is 6.42 Å². The molecule has 1 aliphatic rings. The van der Waals surface area contributed by atoms with Crippen molar-refractivity contribution in [1.82, 2.24) is 0 Å². The zero-order valence-electron chi connectivity index (χ0n) is 12.0. The molecule has 1 heterocycles. The number of anilines is 1. The van der Waals surface area contributed by atoms with E-state index in [0.717, 1.165) is 23.4 Å². The average molecular weight is 262 g/mol. The summed E-state index contributed by atoms with van der Waals surface area (Å²) in [6, 6.07) is 5.75. The van der Waals surface area contributed by atoms with Gasteiger partial charge in [0.25, 0.3) is 0 Å². The van der Waals surface area contributed by atoms with E-state index in [9.17, 15) is 4.79 Å². The molecule has 1 aliphatic heterocycles. The molecule has 0 aliphatic carbocycles. The molecule has 0 saturated heterocycles. The minimum absolute atomic E-state index is 0.0642. The molecule has 0 radical (unpaired) electrons. The Hall–Kier alpha value is -1.55. The molecular weight excluding hydrogens is 240 g/mol. The monoisotopic (exact) mass is 262 g/mol. The normalized spacial score (nSPS) is 16.7. The van der Waals surface area contributed by atoms with Crippen molar-refractivity contribution in [2.75, 3.05) is 5.32 Å². The Morgan fingerprint density at radius 2 is 2.16 bits per heavy atom. The zero-order valence-corrected chi connectivity index (χ0v) is 12.0. The lowest BCUT2D eigenvalue weighted by molar-refractivity contribution is -0.117. The minimum atomic E-state index is -0.494. The third-order valence-electron chi connectivity index (χ3n) is 2.96. The van der Waals surface area contributed by atoms with E-state index in [1.165, 1.54) is 0 Å². The van der Waals surface area contributed by atoms with Crippen molar-refractivity contribution in [2.24, 2.45) is 5.73 Å². The first-order valence-corrected chi connectivity index (χ1v) is 6.55. The number of nitrogens with two attached hydrogens (primary N) is 1. The minimum Gasteiger partial charge on any atom is -0.487 e. The molecule has 104 valence electrons. The molecule has 0 unspecified atom stereocenters. The third kappa shape index (κ3) is 3.70. The highest BCUT2D eigenvalue weighted by molar-refractivity contribution is 5.91. The molecule has 1 aromatic rings. The number of carbonyl (C=O) groups excluding carboxylic acids is 1. The molecule has 0 spiro atoms. The van der Waals surface area contributed by atoms with Gasteiger partial charge in [0.2, 0.25) is 5.91 Å². The van der Waals surface area contributed by atoms with Crippen LogP contribution in [0.15, 0.2) is 18.2 Å². The molecule has 2 rings (SSSR count). The maximum atomic E-state index is 11.8. The van der Waals surface area contributed by atoms with Gasteiger partial charge < -0.3 is 15.8 Å². The van der Waals surface area contributed by atoms with E-state index in [4.69, 9.17) is 10.5 Å². The molecule has 4 nitrogen and oxygen atoms in total. The lowest BCUT2D eigenvalue weighted by Gasteiger charge is -2.17. The Balaban J connectivity index is 2.07. The summed E-state index contributed by atoms with van der Waals surface area (Å²) in [5.41, 5.74) is 7.11. The van der Waals surface area contributed by atoms with Crippen molar-refractivity contribution >= 4 is 11.6 Å². The van der Waals surface area contributed by atoms with Crippen LogP contribution in [0.3, 0.4) is 0 Å². The standard InChI is InChI=1S/C15H22N2O2/c1-14(2,16)9-13(18)17-11-5-6-12-10(7-11)8-15(3,4)19-12/h5-7H,8-9,16H2,1-4H3,(H,17,18). The predicted molar refractivity (Wildman–Crippen MR) is 76.4 cm³/mol. The fourth-order valence-corrected chi connectivity index (χ4v) is 2.31. The van der Waals surface area contributed by atoms with E-state index in [-0.39, 0.29) is 11.5 Å². The van der Waals surface area contributed by atoms with Crippen molar-refractivity contribution in [3.63, 3.8) is 0 Å². The van der Waals surface area contributed by atoms with Gasteiger partial charge in [-0.3, -0.25) is 4.79 Å². The first-order valence-electron chi connectivity index (χ1n) is 6.55. The Bertz CT molecular complexity index is 501. The molecule has 0 atom stereocenters. The highest BCUT2D eigenvalue weighted by Gasteiger charge is 2.30. The molecule has 19 heavy (non-hydrogen) atoms. The topological polar surface area (TPSA) is 64.4 Å². The number of ether oxygens (including phenoxy) is 1. The molecule has 0 fully saturated rings. The highest BCUT2D eigenvalue weighted by Crippen LogP contribution is 2.36. The number of nitrogens with one attached hydrogen (secondary N) is 1. The van der Waals surface area contributed by atoms with Crippen LogP contribution in [0, 0.1) is 0 Å². The van der Waals surface area contributed by atoms with Gasteiger partial charge in [-0.2, -0.15) is 0 Å². The summed E-state index contributed by atoms with van der Waals surface area (Å²) in [4.78, 5) is 11.8. The van der Waals surface area contributed by atoms with Gasteiger partial charge in [-0.1, -0.05) is 0 Å². The van der Waals surface area contributed by atoms with Gasteiger partial charge in [-0.15, -0.1) is 0 Å². The summed E-state index contributed by atoms with van der Waals surface area (Å²) in [7, 11) is 0. The van der Waals surface area contributed by atoms with Gasteiger partial charge in [-0.05, 0) is 45.9 Å². The van der Waals surface area contributed by atoms with Crippen LogP contribution in [0.4, 0.5) is 5.69 Å². The fraction of sp³-hybridized carbons (Fsp3) is 0.533. The Morgan fingerprint density at radius 3 is 2.79 bits per heavy atom. The molecule has 0 aromatic heterocycles. The van der Waals surface area contributed by atoms with Gasteiger partial charge in [0, 0.05) is 29.6 Å². The van der Waals surface area contributed by atoms with E-state index in [2.05, 4.69) is 19.2 Å². The molecule has 3 N–H and O–H groups in total. The second-order valence-corrected chi connectivity index (χ2v) is 6.57. The quantitative estimate of drug-likeness (QED) is 0.879. The SMILES string of the molecule is CC(C)(N)CC(=O)Nc1ccc2c(c1)CC(C)(C)O2. The van der Waals surface area contributed by atoms with Crippen LogP contribution in [-0.4, -0.2) is 17.0 Å². The zero-order chi connectivity index (χ0) is 14.3. The van der Waals surface area contributed by atoms with Crippen LogP contribution in [0.1, 0.15) is 39.7 Å². The summed E-state index contributed by atoms with van der Waals surface area (Å²) >= 11 is 0. The Labute approximate surface area is 114 Å². The maximum Gasteiger partial charge on any atom is 0.226 e. The number of fused-ring (bicyclic) bond motifs is 1. The maximum absolute atomic E-state index is 11.8. The van der Waals surface area contributed by atoms with Gasteiger partial charge in [0.15, 0.2) is 0 Å². The summed E-state index contributed by atoms with van der Waals surface area (Å²) in [6.45, 7) is 7.79. The number of hydrogen-bond donors (Lipinski definition) is 2. The van der Waals surface area contributed by atoms with Crippen molar-refractivity contribution in [3.8, 4) is 5.75 Å². The fourth-order valence-electron chi connectivity index (χ4n) is 2.31. The lowest BCUT2D eigenvalue weighted by atomic mass is 10.0. The highest BCUT2D eigenvalue weighted by atomic mass is 16.5. The van der Waals surface area contributed by atoms with Crippen LogP contribution >= 0.6 is 0 Å². The van der Waals surface area contributed by atoms with Gasteiger partial charge in [0.1, 0.15) is 11.4 Å². The van der Waals surface area contributed by atoms with Crippen molar-refractivity contribution in [3.05, 3.63) is 23.8 Å². The number of amides is 1. The van der Waals surface area contributed by atoms with Crippen molar-refractivity contribution in [2.45, 2.75) is 51.7 Å². The average Bonchev–Trinajstić information content (AvgIpc) is 2.47. The summed E-state index contributed by atoms with van der Waals surface area (Å²) < 4.78 is 5.80. The lowest BCUT2D eigenvalue weighted by Crippen LogP contribution is -2.36. The number of rotatable bonds is 3. The van der Waals surface area contributed by atoms with Crippen LogP contribution in [0.5, 0.6) is 5.75 Å². The second-order valence-electron chi connectivity index (χ2n) is 6.57. The third-order valence-corrected chi connectivity index (χ3v) is 2.96. The number of carbonyl (C=O) groups is 1. The Kier molecular flexibility index (Phi) is 3.31. The smallest absolute Gasteiger partial charge is 0.226 e. The van der Waals surface area contributed by atoms with Crippen LogP contribution in [0.2, 0.25) is 0 Å². The van der Waals surface area contributed by atoms with Gasteiger partial charge in [-0.25, -0.2) is 0 Å².